The van der Waals surface area contributed by atoms with E-state index < -0.39 is 0 Å². The van der Waals surface area contributed by atoms with Gasteiger partial charge in [0.25, 0.3) is 0 Å². The highest BCUT2D eigenvalue weighted by Crippen LogP contribution is 2.17. The second-order valence-electron chi connectivity index (χ2n) is 2.60. The average molecular weight is 193 g/mol. The lowest BCUT2D eigenvalue weighted by molar-refractivity contribution is 0.103. The standard InChI is InChI=1S/C8H7N3OS/c1-5-2-3-13-7(5)6(12)8-9-4-10-11-8/h2-4H,1H3,(H,9,10,11). The number of ketones is 1. The number of carbonyl (C=O) groups is 1. The van der Waals surface area contributed by atoms with E-state index in [4.69, 9.17) is 0 Å². The Bertz CT molecular complexity index is 418. The zero-order chi connectivity index (χ0) is 9.26. The second-order valence-corrected chi connectivity index (χ2v) is 3.51. The number of hydrogen-bond donors (Lipinski definition) is 1. The van der Waals surface area contributed by atoms with Crippen LogP contribution in [0, 0.1) is 6.92 Å². The average Bonchev–Trinajstić information content (AvgIpc) is 2.72. The molecule has 0 fully saturated rings. The van der Waals surface area contributed by atoms with E-state index in [0.29, 0.717) is 5.82 Å². The number of carbonyl (C=O) groups excluding carboxylic acids is 1. The molecule has 0 atom stereocenters. The fourth-order valence-electron chi connectivity index (χ4n) is 1.03. The third-order valence-corrected chi connectivity index (χ3v) is 2.71. The molecule has 0 aliphatic carbocycles. The van der Waals surface area contributed by atoms with Crippen molar-refractivity contribution in [2.24, 2.45) is 0 Å². The van der Waals surface area contributed by atoms with E-state index in [1.807, 2.05) is 18.4 Å². The van der Waals surface area contributed by atoms with Gasteiger partial charge in [0.1, 0.15) is 6.33 Å². The fourth-order valence-corrected chi connectivity index (χ4v) is 1.89. The summed E-state index contributed by atoms with van der Waals surface area (Å²) in [5.74, 6) is 0.204. The van der Waals surface area contributed by atoms with Crippen molar-refractivity contribution in [3.8, 4) is 0 Å². The number of hydrogen-bond acceptors (Lipinski definition) is 4. The molecule has 2 rings (SSSR count). The van der Waals surface area contributed by atoms with Gasteiger partial charge < -0.3 is 0 Å². The molecule has 0 unspecified atom stereocenters. The summed E-state index contributed by atoms with van der Waals surface area (Å²) in [5.41, 5.74) is 0.978. The maximum absolute atomic E-state index is 11.7. The molecule has 0 aliphatic heterocycles. The molecule has 0 aliphatic rings. The fraction of sp³-hybridized carbons (Fsp3) is 0.125. The third-order valence-electron chi connectivity index (χ3n) is 1.70. The van der Waals surface area contributed by atoms with Crippen LogP contribution in [0.4, 0.5) is 0 Å². The van der Waals surface area contributed by atoms with Gasteiger partial charge in [-0.1, -0.05) is 0 Å². The lowest BCUT2D eigenvalue weighted by atomic mass is 10.2. The SMILES string of the molecule is Cc1ccsc1C(=O)c1ncn[nH]1. The van der Waals surface area contributed by atoms with Crippen LogP contribution in [-0.4, -0.2) is 21.0 Å². The van der Waals surface area contributed by atoms with Crippen LogP contribution in [0.3, 0.4) is 0 Å². The monoisotopic (exact) mass is 193 g/mol. The maximum atomic E-state index is 11.7. The van der Waals surface area contributed by atoms with E-state index in [0.717, 1.165) is 10.4 Å². The van der Waals surface area contributed by atoms with Crippen LogP contribution in [0.25, 0.3) is 0 Å². The summed E-state index contributed by atoms with van der Waals surface area (Å²) in [7, 11) is 0. The molecule has 0 spiro atoms. The van der Waals surface area contributed by atoms with E-state index in [1.54, 1.807) is 0 Å². The molecule has 0 saturated carbocycles. The zero-order valence-electron chi connectivity index (χ0n) is 6.94. The van der Waals surface area contributed by atoms with Crippen LogP contribution in [0.5, 0.6) is 0 Å². The number of aromatic amines is 1. The number of nitrogens with zero attached hydrogens (tertiary/aromatic N) is 2. The number of aryl methyl sites for hydroxylation is 1. The van der Waals surface area contributed by atoms with Crippen molar-refractivity contribution in [2.75, 3.05) is 0 Å². The molecule has 0 saturated heterocycles. The number of aromatic nitrogens is 3. The lowest BCUT2D eigenvalue weighted by Gasteiger charge is -1.93. The Kier molecular flexibility index (Phi) is 1.94. The van der Waals surface area contributed by atoms with Crippen molar-refractivity contribution in [1.29, 1.82) is 0 Å². The van der Waals surface area contributed by atoms with Crippen molar-refractivity contribution in [3.05, 3.63) is 34.0 Å². The molecule has 2 aromatic heterocycles. The highest BCUT2D eigenvalue weighted by Gasteiger charge is 2.14. The van der Waals surface area contributed by atoms with Gasteiger partial charge in [-0.25, -0.2) is 4.98 Å². The minimum absolute atomic E-state index is 0.0926. The van der Waals surface area contributed by atoms with Crippen molar-refractivity contribution in [1.82, 2.24) is 15.2 Å². The Morgan fingerprint density at radius 1 is 1.62 bits per heavy atom. The summed E-state index contributed by atoms with van der Waals surface area (Å²) in [4.78, 5) is 16.2. The molecule has 2 heterocycles. The van der Waals surface area contributed by atoms with E-state index in [1.165, 1.54) is 17.7 Å². The maximum Gasteiger partial charge on any atom is 0.239 e. The highest BCUT2D eigenvalue weighted by molar-refractivity contribution is 7.12. The van der Waals surface area contributed by atoms with Crippen LogP contribution in [0.2, 0.25) is 0 Å². The summed E-state index contributed by atoms with van der Waals surface area (Å²) in [6.07, 6.45) is 1.33. The number of nitrogens with one attached hydrogen (secondary N) is 1. The van der Waals surface area contributed by atoms with Crippen molar-refractivity contribution >= 4 is 17.1 Å². The topological polar surface area (TPSA) is 58.6 Å². The summed E-state index contributed by atoms with van der Waals surface area (Å²) < 4.78 is 0. The number of rotatable bonds is 2. The number of thiophene rings is 1. The van der Waals surface area contributed by atoms with Gasteiger partial charge in [0.15, 0.2) is 5.82 Å². The Labute approximate surface area is 78.6 Å². The Hall–Kier alpha value is -1.49. The van der Waals surface area contributed by atoms with Gasteiger partial charge in [-0.15, -0.1) is 11.3 Å². The van der Waals surface area contributed by atoms with Gasteiger partial charge in [0.05, 0.1) is 4.88 Å². The molecule has 0 bridgehead atoms. The van der Waals surface area contributed by atoms with E-state index in [2.05, 4.69) is 15.2 Å². The van der Waals surface area contributed by atoms with Crippen LogP contribution in [-0.2, 0) is 0 Å². The van der Waals surface area contributed by atoms with Gasteiger partial charge in [-0.2, -0.15) is 5.10 Å². The molecular weight excluding hydrogens is 186 g/mol. The normalized spacial score (nSPS) is 10.2. The van der Waals surface area contributed by atoms with Gasteiger partial charge in [0.2, 0.25) is 5.78 Å². The highest BCUT2D eigenvalue weighted by atomic mass is 32.1. The van der Waals surface area contributed by atoms with E-state index in [-0.39, 0.29) is 5.78 Å². The van der Waals surface area contributed by atoms with Crippen molar-refractivity contribution in [3.63, 3.8) is 0 Å². The molecule has 0 aromatic carbocycles. The van der Waals surface area contributed by atoms with E-state index in [9.17, 15) is 4.79 Å². The molecule has 2 aromatic rings. The summed E-state index contributed by atoms with van der Waals surface area (Å²) in [6.45, 7) is 1.90. The molecule has 1 N–H and O–H groups in total. The first-order valence-corrected chi connectivity index (χ1v) is 4.61. The van der Waals surface area contributed by atoms with Crippen LogP contribution in [0.1, 0.15) is 21.1 Å². The Balaban J connectivity index is 2.39. The Morgan fingerprint density at radius 2 is 2.46 bits per heavy atom. The molecule has 66 valence electrons. The molecular formula is C8H7N3OS. The van der Waals surface area contributed by atoms with Crippen LogP contribution < -0.4 is 0 Å². The van der Waals surface area contributed by atoms with Gasteiger partial charge >= 0.3 is 0 Å². The molecule has 0 amide bonds. The predicted molar refractivity (Wildman–Crippen MR) is 48.9 cm³/mol. The molecule has 4 nitrogen and oxygen atoms in total. The van der Waals surface area contributed by atoms with Gasteiger partial charge in [-0.05, 0) is 23.9 Å². The lowest BCUT2D eigenvalue weighted by Crippen LogP contribution is -2.02. The largest absolute Gasteiger partial charge is 0.284 e. The molecule has 0 radical (unpaired) electrons. The first-order valence-electron chi connectivity index (χ1n) is 3.73. The zero-order valence-corrected chi connectivity index (χ0v) is 7.76. The van der Waals surface area contributed by atoms with Crippen molar-refractivity contribution in [2.45, 2.75) is 6.92 Å². The van der Waals surface area contributed by atoms with Crippen LogP contribution in [0.15, 0.2) is 17.8 Å². The minimum atomic E-state index is -0.0926. The van der Waals surface area contributed by atoms with Gasteiger partial charge in [-0.3, -0.25) is 9.89 Å². The van der Waals surface area contributed by atoms with E-state index >= 15 is 0 Å². The summed E-state index contributed by atoms with van der Waals surface area (Å²) in [5, 5.41) is 8.07. The van der Waals surface area contributed by atoms with Crippen molar-refractivity contribution < 1.29 is 4.79 Å². The minimum Gasteiger partial charge on any atom is -0.284 e. The third kappa shape index (κ3) is 1.38. The molecule has 13 heavy (non-hydrogen) atoms. The first-order chi connectivity index (χ1) is 6.29. The number of H-pyrrole nitrogens is 1. The first kappa shape index (κ1) is 8.12. The summed E-state index contributed by atoms with van der Waals surface area (Å²) >= 11 is 1.42. The summed E-state index contributed by atoms with van der Waals surface area (Å²) in [6, 6.07) is 1.91. The quantitative estimate of drug-likeness (QED) is 0.733. The van der Waals surface area contributed by atoms with Crippen LogP contribution >= 0.6 is 11.3 Å². The predicted octanol–water partition coefficient (Wildman–Crippen LogP) is 1.41. The molecule has 5 heteroatoms. The smallest absolute Gasteiger partial charge is 0.239 e. The van der Waals surface area contributed by atoms with Gasteiger partial charge in [0, 0.05) is 0 Å². The Morgan fingerprint density at radius 3 is 3.00 bits per heavy atom. The second kappa shape index (κ2) is 3.10.